The number of fused-ring (bicyclic) bond motifs is 3. The predicted octanol–water partition coefficient (Wildman–Crippen LogP) is 2.75. The van der Waals surface area contributed by atoms with Crippen LogP contribution in [0, 0.1) is 5.92 Å². The van der Waals surface area contributed by atoms with E-state index in [0.29, 0.717) is 13.0 Å². The van der Waals surface area contributed by atoms with Gasteiger partial charge in [-0.15, -0.1) is 0 Å². The average Bonchev–Trinajstić information content (AvgIpc) is 2.85. The van der Waals surface area contributed by atoms with Crippen LogP contribution in [0.25, 0.3) is 0 Å². The lowest BCUT2D eigenvalue weighted by Crippen LogP contribution is -2.69. The molecule has 138 valence electrons. The van der Waals surface area contributed by atoms with Gasteiger partial charge in [0.05, 0.1) is 18.9 Å². The number of carbonyl (C=O) groups excluding carboxylic acids is 1. The summed E-state index contributed by atoms with van der Waals surface area (Å²) in [4.78, 5) is 11.9. The van der Waals surface area contributed by atoms with Crippen molar-refractivity contribution in [2.75, 3.05) is 13.7 Å². The van der Waals surface area contributed by atoms with E-state index in [0.717, 1.165) is 0 Å². The molecule has 0 spiro atoms. The zero-order valence-electron chi connectivity index (χ0n) is 15.8. The number of carbonyl (C=O) groups is 1. The van der Waals surface area contributed by atoms with Crippen molar-refractivity contribution >= 4 is 14.5 Å². The van der Waals surface area contributed by atoms with Crippen molar-refractivity contribution in [1.29, 1.82) is 0 Å². The highest BCUT2D eigenvalue weighted by Gasteiger charge is 2.66. The second-order valence-electron chi connectivity index (χ2n) is 9.11. The first-order valence-corrected chi connectivity index (χ1v) is 10.5. The SMILES string of the molecule is CO[C@H]1O[C@@H]2CO[Si](C(C)(C)C)(C(C)(C)C)O[C@H]2[C@@H]2OC(=O)C[C@H]12. The first-order chi connectivity index (χ1) is 11.0. The van der Waals surface area contributed by atoms with Crippen molar-refractivity contribution in [3.05, 3.63) is 0 Å². The molecular weight excluding hydrogens is 328 g/mol. The Bertz CT molecular complexity index is 494. The van der Waals surface area contributed by atoms with Gasteiger partial charge in [0.2, 0.25) is 0 Å². The van der Waals surface area contributed by atoms with Crippen molar-refractivity contribution < 1.29 is 27.9 Å². The summed E-state index contributed by atoms with van der Waals surface area (Å²) in [7, 11) is -1.02. The quantitative estimate of drug-likeness (QED) is 0.530. The van der Waals surface area contributed by atoms with E-state index in [2.05, 4.69) is 41.5 Å². The number of methoxy groups -OCH3 is 1. The molecule has 3 heterocycles. The molecule has 0 aliphatic carbocycles. The molecule has 0 radical (unpaired) electrons. The summed E-state index contributed by atoms with van der Waals surface area (Å²) in [6.45, 7) is 13.5. The van der Waals surface area contributed by atoms with Crippen LogP contribution in [0.15, 0.2) is 0 Å². The monoisotopic (exact) mass is 358 g/mol. The van der Waals surface area contributed by atoms with Gasteiger partial charge in [0.25, 0.3) is 0 Å². The Morgan fingerprint density at radius 2 is 1.71 bits per heavy atom. The summed E-state index contributed by atoms with van der Waals surface area (Å²) in [5.74, 6) is -0.321. The van der Waals surface area contributed by atoms with Crippen molar-refractivity contribution in [2.24, 2.45) is 5.92 Å². The highest BCUT2D eigenvalue weighted by atomic mass is 28.4. The zero-order valence-corrected chi connectivity index (χ0v) is 16.8. The molecule has 3 saturated heterocycles. The Morgan fingerprint density at radius 1 is 1.08 bits per heavy atom. The zero-order chi connectivity index (χ0) is 17.9. The molecule has 0 N–H and O–H groups in total. The van der Waals surface area contributed by atoms with E-state index in [9.17, 15) is 4.79 Å². The van der Waals surface area contributed by atoms with E-state index in [1.165, 1.54) is 0 Å². The standard InChI is InChI=1S/C17H30O6Si/c1-16(2,3)24(17(4,5)6)20-9-11-14(23-24)13-10(8-12(18)22-13)15(19-7)21-11/h10-11,13-15H,8-9H2,1-7H3/t10-,11+,13+,14+,15-/m0/s1. The number of esters is 1. The Kier molecular flexibility index (Phi) is 4.41. The van der Waals surface area contributed by atoms with E-state index in [1.54, 1.807) is 7.11 Å². The lowest BCUT2D eigenvalue weighted by molar-refractivity contribution is -0.277. The van der Waals surface area contributed by atoms with Gasteiger partial charge in [0.1, 0.15) is 18.3 Å². The van der Waals surface area contributed by atoms with E-state index in [4.69, 9.17) is 23.1 Å². The Balaban J connectivity index is 1.94. The highest BCUT2D eigenvalue weighted by Crippen LogP contribution is 2.56. The summed E-state index contributed by atoms with van der Waals surface area (Å²) in [6, 6.07) is 0. The van der Waals surface area contributed by atoms with Crippen molar-refractivity contribution in [1.82, 2.24) is 0 Å². The number of hydrogen-bond donors (Lipinski definition) is 0. The predicted molar refractivity (Wildman–Crippen MR) is 89.7 cm³/mol. The molecule has 3 fully saturated rings. The molecule has 0 amide bonds. The van der Waals surface area contributed by atoms with Gasteiger partial charge < -0.3 is 23.1 Å². The van der Waals surface area contributed by atoms with Gasteiger partial charge in [-0.25, -0.2) is 0 Å². The Labute approximate surface area is 145 Å². The molecule has 7 heteroatoms. The van der Waals surface area contributed by atoms with Gasteiger partial charge in [-0.1, -0.05) is 41.5 Å². The molecular formula is C17H30O6Si. The van der Waals surface area contributed by atoms with E-state index in [-0.39, 0.29) is 40.3 Å². The second-order valence-corrected chi connectivity index (χ2v) is 13.9. The number of rotatable bonds is 1. The molecule has 0 bridgehead atoms. The molecule has 24 heavy (non-hydrogen) atoms. The summed E-state index contributed by atoms with van der Waals surface area (Å²) in [6.07, 6.45) is -1.01. The van der Waals surface area contributed by atoms with Crippen LogP contribution in [-0.4, -0.2) is 52.8 Å². The molecule has 0 saturated carbocycles. The maximum absolute atomic E-state index is 11.9. The molecule has 6 nitrogen and oxygen atoms in total. The van der Waals surface area contributed by atoms with Crippen LogP contribution in [-0.2, 0) is 27.9 Å². The van der Waals surface area contributed by atoms with Crippen LogP contribution in [0.1, 0.15) is 48.0 Å². The second kappa shape index (κ2) is 5.77. The molecule has 3 aliphatic rings. The minimum absolute atomic E-state index is 0.117. The summed E-state index contributed by atoms with van der Waals surface area (Å²) in [5.41, 5.74) is 0. The fourth-order valence-corrected chi connectivity index (χ4v) is 9.52. The van der Waals surface area contributed by atoms with Crippen LogP contribution >= 0.6 is 0 Å². The van der Waals surface area contributed by atoms with E-state index < -0.39 is 14.9 Å². The van der Waals surface area contributed by atoms with E-state index in [1.807, 2.05) is 0 Å². The summed E-state index contributed by atoms with van der Waals surface area (Å²) in [5, 5.41) is -0.237. The molecule has 5 atom stereocenters. The normalized spacial score (nSPS) is 39.1. The molecule has 0 aromatic heterocycles. The number of hydrogen-bond acceptors (Lipinski definition) is 6. The lowest BCUT2D eigenvalue weighted by Gasteiger charge is -2.57. The Morgan fingerprint density at radius 3 is 2.25 bits per heavy atom. The van der Waals surface area contributed by atoms with Crippen molar-refractivity contribution in [3.63, 3.8) is 0 Å². The molecule has 0 aromatic carbocycles. The third-order valence-electron chi connectivity index (χ3n) is 5.40. The minimum atomic E-state index is -2.62. The number of ether oxygens (including phenoxy) is 3. The third kappa shape index (κ3) is 2.65. The molecule has 3 aliphatic heterocycles. The van der Waals surface area contributed by atoms with Gasteiger partial charge in [-0.2, -0.15) is 0 Å². The summed E-state index contributed by atoms with van der Waals surface area (Å²) < 4.78 is 30.2. The fraction of sp³-hybridized carbons (Fsp3) is 0.941. The molecule has 0 unspecified atom stereocenters. The van der Waals surface area contributed by atoms with Crippen molar-refractivity contribution in [2.45, 2.75) is 82.6 Å². The largest absolute Gasteiger partial charge is 0.459 e. The van der Waals surface area contributed by atoms with Crippen LogP contribution < -0.4 is 0 Å². The van der Waals surface area contributed by atoms with E-state index >= 15 is 0 Å². The maximum Gasteiger partial charge on any atom is 0.349 e. The van der Waals surface area contributed by atoms with Gasteiger partial charge in [-0.3, -0.25) is 4.79 Å². The highest BCUT2D eigenvalue weighted by molar-refractivity contribution is 6.73. The fourth-order valence-electron chi connectivity index (χ4n) is 4.56. The van der Waals surface area contributed by atoms with Crippen LogP contribution in [0.5, 0.6) is 0 Å². The topological polar surface area (TPSA) is 63.2 Å². The van der Waals surface area contributed by atoms with Crippen LogP contribution in [0.2, 0.25) is 10.1 Å². The molecule has 3 rings (SSSR count). The smallest absolute Gasteiger partial charge is 0.349 e. The van der Waals surface area contributed by atoms with Gasteiger partial charge in [-0.05, 0) is 0 Å². The van der Waals surface area contributed by atoms with Gasteiger partial charge in [0, 0.05) is 17.2 Å². The van der Waals surface area contributed by atoms with Gasteiger partial charge in [0.15, 0.2) is 6.29 Å². The minimum Gasteiger partial charge on any atom is -0.459 e. The third-order valence-corrected chi connectivity index (χ3v) is 10.5. The summed E-state index contributed by atoms with van der Waals surface area (Å²) >= 11 is 0. The average molecular weight is 359 g/mol. The Hall–Kier alpha value is -0.473. The van der Waals surface area contributed by atoms with Crippen molar-refractivity contribution in [3.8, 4) is 0 Å². The van der Waals surface area contributed by atoms with Crippen LogP contribution in [0.3, 0.4) is 0 Å². The van der Waals surface area contributed by atoms with Gasteiger partial charge >= 0.3 is 14.5 Å². The maximum atomic E-state index is 11.9. The molecule has 0 aromatic rings. The van der Waals surface area contributed by atoms with Crippen LogP contribution in [0.4, 0.5) is 0 Å². The first-order valence-electron chi connectivity index (χ1n) is 8.70. The lowest BCUT2D eigenvalue weighted by atomic mass is 9.90. The first kappa shape index (κ1) is 18.3.